The standard InChI is InChI=1S/C51H74O23/c1-18-30(70-36-15-31(44(58)21(4)66-36)71-34-13-28(53)43(57)20(3)65-34)12-26-10-25-11-27(50(64-9)42(56)19(2)52)51(48(62)40(25)47(61)39(26)41(18)55)74-38-17-33(46(60)23(6)68-38)73-37-16-32(45(59)22(5)67-37)72-35-14-29(54)49(63-8)24(7)69-35/h10,12,20-24,27-29,31-38,42-46,49-51,53-61H,11,13-17H2,1-9H3/t20?,21?,22?,23?,24?,27?,28?,29?,31?,32?,33?,34?,35?,36?,37?,38?,42-,43?,44?,45?,46?,49?,50-,51-/m0/s1. The zero-order valence-corrected chi connectivity index (χ0v) is 43.0. The van der Waals surface area contributed by atoms with Crippen molar-refractivity contribution in [2.24, 2.45) is 5.92 Å². The Morgan fingerprint density at radius 1 is 0.635 bits per heavy atom. The maximum absolute atomic E-state index is 14.9. The lowest BCUT2D eigenvalue weighted by atomic mass is 9.75. The number of ether oxygens (including phenoxy) is 12. The van der Waals surface area contributed by atoms with E-state index >= 15 is 0 Å². The Kier molecular flexibility index (Phi) is 18.0. The van der Waals surface area contributed by atoms with Crippen LogP contribution in [0.15, 0.2) is 12.1 Å². The van der Waals surface area contributed by atoms with Crippen LogP contribution in [0.1, 0.15) is 95.1 Å². The molecule has 9 N–H and O–H groups in total. The lowest BCUT2D eigenvalue weighted by molar-refractivity contribution is -0.330. The number of phenols is 2. The Morgan fingerprint density at radius 3 is 1.61 bits per heavy atom. The van der Waals surface area contributed by atoms with Gasteiger partial charge in [-0.1, -0.05) is 0 Å². The molecule has 0 saturated carbocycles. The van der Waals surface area contributed by atoms with Crippen molar-refractivity contribution in [3.63, 3.8) is 0 Å². The molecule has 23 nitrogen and oxygen atoms in total. The summed E-state index contributed by atoms with van der Waals surface area (Å²) >= 11 is 0. The van der Waals surface area contributed by atoms with Gasteiger partial charge in [-0.15, -0.1) is 0 Å². The van der Waals surface area contributed by atoms with Gasteiger partial charge in [0.05, 0.1) is 78.1 Å². The lowest BCUT2D eigenvalue weighted by Gasteiger charge is -2.45. The van der Waals surface area contributed by atoms with E-state index < -0.39 is 170 Å². The van der Waals surface area contributed by atoms with E-state index in [1.54, 1.807) is 46.8 Å². The van der Waals surface area contributed by atoms with Crippen LogP contribution in [0.5, 0.6) is 17.2 Å². The molecular formula is C51H74O23. The Bertz CT molecular complexity index is 2260. The zero-order chi connectivity index (χ0) is 53.8. The molecule has 23 heteroatoms. The van der Waals surface area contributed by atoms with Crippen molar-refractivity contribution in [1.82, 2.24) is 0 Å². The molecule has 21 unspecified atom stereocenters. The number of methoxy groups -OCH3 is 2. The van der Waals surface area contributed by atoms with Crippen molar-refractivity contribution in [3.8, 4) is 17.2 Å². The summed E-state index contributed by atoms with van der Waals surface area (Å²) in [4.78, 5) is 27.7. The van der Waals surface area contributed by atoms with E-state index in [1.165, 1.54) is 28.1 Å². The van der Waals surface area contributed by atoms with Gasteiger partial charge in [0, 0.05) is 57.8 Å². The highest BCUT2D eigenvalue weighted by atomic mass is 16.7. The number of aromatic hydroxyl groups is 2. The van der Waals surface area contributed by atoms with Gasteiger partial charge in [-0.05, 0) is 78.0 Å². The maximum Gasteiger partial charge on any atom is 0.202 e. The van der Waals surface area contributed by atoms with Gasteiger partial charge in [0.25, 0.3) is 0 Å². The van der Waals surface area contributed by atoms with E-state index in [4.69, 9.17) is 56.8 Å². The number of carbonyl (C=O) groups excluding carboxylic acids is 2. The quantitative estimate of drug-likeness (QED) is 0.118. The molecule has 5 heterocycles. The van der Waals surface area contributed by atoms with E-state index in [2.05, 4.69) is 0 Å². The fourth-order valence-corrected chi connectivity index (χ4v) is 11.3. The number of hydrogen-bond donors (Lipinski definition) is 9. The highest BCUT2D eigenvalue weighted by molar-refractivity contribution is 6.11. The van der Waals surface area contributed by atoms with Gasteiger partial charge in [-0.3, -0.25) is 9.59 Å². The first kappa shape index (κ1) is 56.9. The zero-order valence-electron chi connectivity index (χ0n) is 43.0. The number of aliphatic hydroxyl groups excluding tert-OH is 7. The van der Waals surface area contributed by atoms with E-state index in [1.807, 2.05) is 0 Å². The summed E-state index contributed by atoms with van der Waals surface area (Å²) in [7, 11) is 2.75. The predicted octanol–water partition coefficient (Wildman–Crippen LogP) is 0.654. The van der Waals surface area contributed by atoms with Gasteiger partial charge in [0.1, 0.15) is 60.0 Å². The molecule has 0 aromatic heterocycles. The van der Waals surface area contributed by atoms with Crippen molar-refractivity contribution in [3.05, 3.63) is 28.8 Å². The highest BCUT2D eigenvalue weighted by Gasteiger charge is 2.50. The molecule has 5 aliphatic heterocycles. The Labute approximate surface area is 428 Å². The predicted molar refractivity (Wildman–Crippen MR) is 253 cm³/mol. The molecule has 0 radical (unpaired) electrons. The number of carbonyl (C=O) groups is 2. The number of aliphatic hydroxyl groups is 7. The third-order valence-electron chi connectivity index (χ3n) is 15.5. The molecule has 5 saturated heterocycles. The van der Waals surface area contributed by atoms with Gasteiger partial charge in [-0.25, -0.2) is 0 Å². The van der Waals surface area contributed by atoms with Gasteiger partial charge in [-0.2, -0.15) is 0 Å². The van der Waals surface area contributed by atoms with Crippen molar-refractivity contribution in [2.45, 2.75) is 228 Å². The molecule has 2 aromatic rings. The fourth-order valence-electron chi connectivity index (χ4n) is 11.3. The van der Waals surface area contributed by atoms with Crippen molar-refractivity contribution < 1.29 is 112 Å². The molecule has 1 aliphatic carbocycles. The normalized spacial score (nSPS) is 41.9. The van der Waals surface area contributed by atoms with E-state index in [0.29, 0.717) is 0 Å². The van der Waals surface area contributed by atoms with Crippen LogP contribution < -0.4 is 4.74 Å². The van der Waals surface area contributed by atoms with Crippen molar-refractivity contribution >= 4 is 22.3 Å². The SMILES string of the molecule is COC1C(O)CC(OC2CC(OC3CC(O[C@@H]4C(=O)c5c(cc6cc(OC7CC(OC8CC(O)C(O)C(C)O8)C(O)C(C)O7)c(C)c(O)c6c5O)CC4[C@H](OC)[C@@H](O)C(C)=O)OC(C)C3O)OC(C)C2O)OC1C. The second-order valence-corrected chi connectivity index (χ2v) is 20.7. The summed E-state index contributed by atoms with van der Waals surface area (Å²) < 4.78 is 72.2. The van der Waals surface area contributed by atoms with E-state index in [9.17, 15) is 55.5 Å². The van der Waals surface area contributed by atoms with Crippen LogP contribution in [0, 0.1) is 12.8 Å². The number of ketones is 2. The summed E-state index contributed by atoms with van der Waals surface area (Å²) in [5, 5.41) is 99.7. The van der Waals surface area contributed by atoms with Gasteiger partial charge in [0.2, 0.25) is 6.29 Å². The van der Waals surface area contributed by atoms with Crippen molar-refractivity contribution in [2.75, 3.05) is 14.2 Å². The molecule has 2 aromatic carbocycles. The number of fused-ring (bicyclic) bond motifs is 2. The number of phenolic OH excluding ortho intramolecular Hbond substituents is 2. The van der Waals surface area contributed by atoms with Crippen LogP contribution in [-0.2, 0) is 63.3 Å². The fraction of sp³-hybridized carbons (Fsp3) is 0.765. The molecule has 6 aliphatic rings. The first-order chi connectivity index (χ1) is 35.0. The molecule has 0 spiro atoms. The van der Waals surface area contributed by atoms with Crippen LogP contribution in [0.4, 0.5) is 0 Å². The topological polar surface area (TPSA) is 327 Å². The number of rotatable bonds is 15. The third kappa shape index (κ3) is 11.6. The Hall–Kier alpha value is -3.28. The first-order valence-corrected chi connectivity index (χ1v) is 25.4. The molecule has 74 heavy (non-hydrogen) atoms. The average molecular weight is 1060 g/mol. The summed E-state index contributed by atoms with van der Waals surface area (Å²) in [5.74, 6) is -3.38. The third-order valence-corrected chi connectivity index (χ3v) is 15.5. The molecule has 24 atom stereocenters. The summed E-state index contributed by atoms with van der Waals surface area (Å²) in [6.07, 6.45) is -23.6. The van der Waals surface area contributed by atoms with Crippen LogP contribution in [0.2, 0.25) is 0 Å². The molecule has 0 amide bonds. The molecular weight excluding hydrogens is 981 g/mol. The van der Waals surface area contributed by atoms with Crippen LogP contribution in [0.25, 0.3) is 10.8 Å². The number of Topliss-reactive ketones (excluding diaryl/α,β-unsaturated/α-hetero) is 2. The molecule has 8 rings (SSSR count). The minimum absolute atomic E-state index is 0.00137. The largest absolute Gasteiger partial charge is 0.507 e. The first-order valence-electron chi connectivity index (χ1n) is 25.4. The van der Waals surface area contributed by atoms with E-state index in [-0.39, 0.29) is 71.7 Å². The Morgan fingerprint density at radius 2 is 1.11 bits per heavy atom. The molecule has 416 valence electrons. The highest BCUT2D eigenvalue weighted by Crippen LogP contribution is 2.47. The van der Waals surface area contributed by atoms with Gasteiger partial charge < -0.3 is 103 Å². The minimum atomic E-state index is -1.72. The summed E-state index contributed by atoms with van der Waals surface area (Å²) in [6.45, 7) is 10.9. The summed E-state index contributed by atoms with van der Waals surface area (Å²) in [5.41, 5.74) is 0.237. The van der Waals surface area contributed by atoms with Crippen LogP contribution >= 0.6 is 0 Å². The lowest BCUT2D eigenvalue weighted by Crippen LogP contribution is -2.56. The molecule has 5 fully saturated rings. The van der Waals surface area contributed by atoms with Gasteiger partial charge >= 0.3 is 0 Å². The van der Waals surface area contributed by atoms with Crippen LogP contribution in [0.3, 0.4) is 0 Å². The maximum atomic E-state index is 14.9. The number of hydrogen-bond acceptors (Lipinski definition) is 23. The Balaban J connectivity index is 1.02. The van der Waals surface area contributed by atoms with Crippen molar-refractivity contribution in [1.29, 1.82) is 0 Å². The summed E-state index contributed by atoms with van der Waals surface area (Å²) in [6, 6.07) is 3.12. The average Bonchev–Trinajstić information content (AvgIpc) is 3.33. The second kappa shape index (κ2) is 23.4. The van der Waals surface area contributed by atoms with E-state index in [0.717, 1.165) is 0 Å². The smallest absolute Gasteiger partial charge is 0.202 e. The van der Waals surface area contributed by atoms with Gasteiger partial charge in [0.15, 0.2) is 36.7 Å². The second-order valence-electron chi connectivity index (χ2n) is 20.7. The minimum Gasteiger partial charge on any atom is -0.507 e. The van der Waals surface area contributed by atoms with Crippen LogP contribution in [-0.4, -0.2) is 213 Å². The monoisotopic (exact) mass is 1050 g/mol. The number of benzene rings is 2. The molecule has 0 bridgehead atoms.